The molecule has 1 saturated carbocycles. The van der Waals surface area contributed by atoms with Gasteiger partial charge in [-0.25, -0.2) is 0 Å². The predicted octanol–water partition coefficient (Wildman–Crippen LogP) is 2.81. The van der Waals surface area contributed by atoms with Crippen molar-refractivity contribution in [2.24, 2.45) is 11.8 Å². The van der Waals surface area contributed by atoms with Gasteiger partial charge >= 0.3 is 5.97 Å². The molecule has 124 valence electrons. The number of nitrogens with one attached hydrogen (secondary N) is 1. The highest BCUT2D eigenvalue weighted by Crippen LogP contribution is 2.38. The average molecular weight is 316 g/mol. The summed E-state index contributed by atoms with van der Waals surface area (Å²) in [6.45, 7) is 3.99. The van der Waals surface area contributed by atoms with Gasteiger partial charge in [0.1, 0.15) is 0 Å². The lowest BCUT2D eigenvalue weighted by molar-refractivity contribution is -0.148. The van der Waals surface area contributed by atoms with E-state index in [4.69, 9.17) is 4.74 Å². The first-order valence-corrected chi connectivity index (χ1v) is 8.45. The number of hydrogen-bond donors (Lipinski definition) is 1. The van der Waals surface area contributed by atoms with Crippen molar-refractivity contribution >= 4 is 23.3 Å². The quantitative estimate of drug-likeness (QED) is 0.849. The molecule has 1 aromatic carbocycles. The molecule has 2 atom stereocenters. The summed E-state index contributed by atoms with van der Waals surface area (Å²) in [5, 5.41) is 2.76. The van der Waals surface area contributed by atoms with Crippen molar-refractivity contribution in [2.45, 2.75) is 32.6 Å². The smallest absolute Gasteiger partial charge is 0.309 e. The fourth-order valence-electron chi connectivity index (χ4n) is 3.00. The van der Waals surface area contributed by atoms with Crippen LogP contribution in [0.2, 0.25) is 0 Å². The number of hydrogen-bond acceptors (Lipinski definition) is 4. The normalized spacial score (nSPS) is 23.3. The molecule has 5 heteroatoms. The molecule has 1 heterocycles. The average Bonchev–Trinajstić information content (AvgIpc) is 3.31. The van der Waals surface area contributed by atoms with Crippen LogP contribution in [0.5, 0.6) is 0 Å². The van der Waals surface area contributed by atoms with Crippen molar-refractivity contribution in [1.82, 2.24) is 0 Å². The van der Waals surface area contributed by atoms with Gasteiger partial charge < -0.3 is 15.0 Å². The molecular formula is C18H24N2O3. The van der Waals surface area contributed by atoms with Gasteiger partial charge in [0.15, 0.2) is 6.61 Å². The maximum Gasteiger partial charge on any atom is 0.309 e. The minimum Gasteiger partial charge on any atom is -0.455 e. The van der Waals surface area contributed by atoms with Gasteiger partial charge in [-0.3, -0.25) is 9.59 Å². The minimum absolute atomic E-state index is 0.00775. The summed E-state index contributed by atoms with van der Waals surface area (Å²) in [7, 11) is 0. The molecule has 1 amide bonds. The van der Waals surface area contributed by atoms with E-state index < -0.39 is 0 Å². The molecule has 3 rings (SSSR count). The van der Waals surface area contributed by atoms with Crippen LogP contribution in [0.1, 0.15) is 32.6 Å². The molecule has 1 aliphatic heterocycles. The van der Waals surface area contributed by atoms with Crippen LogP contribution >= 0.6 is 0 Å². The highest BCUT2D eigenvalue weighted by Gasteiger charge is 2.40. The summed E-state index contributed by atoms with van der Waals surface area (Å²) in [4.78, 5) is 25.8. The van der Waals surface area contributed by atoms with Crippen LogP contribution in [0.3, 0.4) is 0 Å². The second-order valence-corrected chi connectivity index (χ2v) is 6.57. The van der Waals surface area contributed by atoms with Gasteiger partial charge in [-0.2, -0.15) is 0 Å². The topological polar surface area (TPSA) is 58.6 Å². The second kappa shape index (κ2) is 7.02. The third-order valence-corrected chi connectivity index (χ3v) is 4.63. The maximum atomic E-state index is 11.8. The lowest BCUT2D eigenvalue weighted by atomic mass is 10.1. The van der Waals surface area contributed by atoms with Gasteiger partial charge in [0.05, 0.1) is 5.92 Å². The highest BCUT2D eigenvalue weighted by molar-refractivity contribution is 5.93. The summed E-state index contributed by atoms with van der Waals surface area (Å²) in [6.07, 6.45) is 4.66. The van der Waals surface area contributed by atoms with Gasteiger partial charge in [0, 0.05) is 24.5 Å². The van der Waals surface area contributed by atoms with E-state index in [0.717, 1.165) is 25.2 Å². The van der Waals surface area contributed by atoms with Gasteiger partial charge in [-0.15, -0.1) is 0 Å². The lowest BCUT2D eigenvalue weighted by Crippen LogP contribution is -2.29. The molecule has 2 aliphatic rings. The Hall–Kier alpha value is -2.04. The Morgan fingerprint density at radius 1 is 1.17 bits per heavy atom. The Balaban J connectivity index is 1.45. The SMILES string of the molecule is C[C@H]1C[C@H]1C(=O)OCC(=O)Nc1ccc(N2CCCCC2)cc1. The van der Waals surface area contributed by atoms with E-state index in [9.17, 15) is 9.59 Å². The molecule has 0 spiro atoms. The van der Waals surface area contributed by atoms with Gasteiger partial charge in [0.25, 0.3) is 5.91 Å². The Morgan fingerprint density at radius 3 is 2.43 bits per heavy atom. The third-order valence-electron chi connectivity index (χ3n) is 4.63. The van der Waals surface area contributed by atoms with Crippen molar-refractivity contribution in [1.29, 1.82) is 0 Å². The third kappa shape index (κ3) is 4.24. The Labute approximate surface area is 137 Å². The fourth-order valence-corrected chi connectivity index (χ4v) is 3.00. The number of benzene rings is 1. The molecule has 1 saturated heterocycles. The molecule has 0 bridgehead atoms. The highest BCUT2D eigenvalue weighted by atomic mass is 16.5. The standard InChI is InChI=1S/C18H24N2O3/c1-13-11-16(13)18(22)23-12-17(21)19-14-5-7-15(8-6-14)20-9-3-2-4-10-20/h5-8,13,16H,2-4,9-12H2,1H3,(H,19,21)/t13-,16+/m0/s1. The van der Waals surface area contributed by atoms with Crippen molar-refractivity contribution in [3.05, 3.63) is 24.3 Å². The number of carbonyl (C=O) groups excluding carboxylic acids is 2. The van der Waals surface area contributed by atoms with Crippen molar-refractivity contribution in [3.8, 4) is 0 Å². The number of ether oxygens (including phenoxy) is 1. The van der Waals surface area contributed by atoms with Crippen molar-refractivity contribution < 1.29 is 14.3 Å². The Bertz CT molecular complexity index is 564. The lowest BCUT2D eigenvalue weighted by Gasteiger charge is -2.28. The number of rotatable bonds is 5. The fraction of sp³-hybridized carbons (Fsp3) is 0.556. The zero-order chi connectivity index (χ0) is 16.2. The molecule has 1 aliphatic carbocycles. The zero-order valence-corrected chi connectivity index (χ0v) is 13.6. The first-order valence-electron chi connectivity index (χ1n) is 8.45. The number of piperidine rings is 1. The van der Waals surface area contributed by atoms with Crippen LogP contribution in [0.15, 0.2) is 24.3 Å². The zero-order valence-electron chi connectivity index (χ0n) is 13.6. The summed E-state index contributed by atoms with van der Waals surface area (Å²) in [5.74, 6) is -0.162. The summed E-state index contributed by atoms with van der Waals surface area (Å²) in [5.41, 5.74) is 1.92. The summed E-state index contributed by atoms with van der Waals surface area (Å²) >= 11 is 0. The molecule has 1 N–H and O–H groups in total. The molecule has 23 heavy (non-hydrogen) atoms. The van der Waals surface area contributed by atoms with E-state index in [-0.39, 0.29) is 24.4 Å². The Morgan fingerprint density at radius 2 is 1.83 bits per heavy atom. The summed E-state index contributed by atoms with van der Waals surface area (Å²) in [6, 6.07) is 7.84. The van der Waals surface area contributed by atoms with E-state index in [1.165, 1.54) is 24.9 Å². The van der Waals surface area contributed by atoms with Crippen LogP contribution in [0, 0.1) is 11.8 Å². The molecule has 0 unspecified atom stereocenters. The van der Waals surface area contributed by atoms with Crippen molar-refractivity contribution in [3.63, 3.8) is 0 Å². The second-order valence-electron chi connectivity index (χ2n) is 6.57. The van der Waals surface area contributed by atoms with Crippen LogP contribution in [-0.2, 0) is 14.3 Å². The van der Waals surface area contributed by atoms with E-state index >= 15 is 0 Å². The van der Waals surface area contributed by atoms with E-state index in [1.54, 1.807) is 0 Å². The number of anilines is 2. The predicted molar refractivity (Wildman–Crippen MR) is 89.4 cm³/mol. The van der Waals surface area contributed by atoms with E-state index in [1.807, 2.05) is 31.2 Å². The number of carbonyl (C=O) groups is 2. The molecule has 2 fully saturated rings. The van der Waals surface area contributed by atoms with Gasteiger partial charge in [-0.05, 0) is 55.9 Å². The number of amides is 1. The largest absolute Gasteiger partial charge is 0.455 e. The molecular weight excluding hydrogens is 292 g/mol. The molecule has 0 radical (unpaired) electrons. The number of esters is 1. The first kappa shape index (κ1) is 15.8. The molecule has 0 aromatic heterocycles. The number of nitrogens with zero attached hydrogens (tertiary/aromatic N) is 1. The molecule has 1 aromatic rings. The van der Waals surface area contributed by atoms with Gasteiger partial charge in [-0.1, -0.05) is 6.92 Å². The van der Waals surface area contributed by atoms with Crippen molar-refractivity contribution in [2.75, 3.05) is 29.9 Å². The van der Waals surface area contributed by atoms with Gasteiger partial charge in [0.2, 0.25) is 0 Å². The minimum atomic E-state index is -0.294. The van der Waals surface area contributed by atoms with Crippen LogP contribution in [0.25, 0.3) is 0 Å². The Kier molecular flexibility index (Phi) is 4.84. The monoisotopic (exact) mass is 316 g/mol. The first-order chi connectivity index (χ1) is 11.1. The van der Waals surface area contributed by atoms with E-state index in [0.29, 0.717) is 5.92 Å². The molecule has 5 nitrogen and oxygen atoms in total. The summed E-state index contributed by atoms with van der Waals surface area (Å²) < 4.78 is 5.03. The van der Waals surface area contributed by atoms with Crippen LogP contribution in [0.4, 0.5) is 11.4 Å². The van der Waals surface area contributed by atoms with E-state index in [2.05, 4.69) is 10.2 Å². The van der Waals surface area contributed by atoms with Crippen LogP contribution < -0.4 is 10.2 Å². The maximum absolute atomic E-state index is 11.8. The van der Waals surface area contributed by atoms with Crippen LogP contribution in [-0.4, -0.2) is 31.6 Å².